The average molecular weight is 324 g/mol. The molecular formula is C14H20N4O3S. The van der Waals surface area contributed by atoms with Crippen molar-refractivity contribution in [2.45, 2.75) is 36.9 Å². The summed E-state index contributed by atoms with van der Waals surface area (Å²) in [5, 5.41) is 7.25. The lowest BCUT2D eigenvalue weighted by molar-refractivity contribution is 0.200. The van der Waals surface area contributed by atoms with E-state index in [4.69, 9.17) is 5.14 Å². The van der Waals surface area contributed by atoms with Gasteiger partial charge in [0.2, 0.25) is 10.0 Å². The molecule has 0 radical (unpaired) electrons. The molecule has 1 unspecified atom stereocenters. The molecule has 2 heterocycles. The van der Waals surface area contributed by atoms with Gasteiger partial charge in [-0.1, -0.05) is 0 Å². The van der Waals surface area contributed by atoms with Crippen molar-refractivity contribution in [1.82, 2.24) is 9.88 Å². The van der Waals surface area contributed by atoms with Crippen molar-refractivity contribution in [2.75, 3.05) is 18.4 Å². The van der Waals surface area contributed by atoms with E-state index in [1.165, 1.54) is 23.3 Å². The minimum Gasteiger partial charge on any atom is -0.323 e. The molecule has 1 aromatic heterocycles. The van der Waals surface area contributed by atoms with Gasteiger partial charge in [-0.25, -0.2) is 23.3 Å². The van der Waals surface area contributed by atoms with Crippen LogP contribution in [-0.2, 0) is 10.0 Å². The van der Waals surface area contributed by atoms with Crippen LogP contribution in [0, 0.1) is 0 Å². The van der Waals surface area contributed by atoms with Crippen LogP contribution in [0.2, 0.25) is 0 Å². The SMILES string of the molecule is NS(=O)(=O)C1CCCN(C(=O)Nc2cc(C3CC3)ccn2)C1. The number of likely N-dealkylation sites (tertiary alicyclic amines) is 1. The number of nitrogens with one attached hydrogen (secondary N) is 1. The molecule has 3 rings (SSSR count). The van der Waals surface area contributed by atoms with Crippen molar-refractivity contribution in [3.8, 4) is 0 Å². The summed E-state index contributed by atoms with van der Waals surface area (Å²) in [5.41, 5.74) is 1.19. The largest absolute Gasteiger partial charge is 0.323 e. The molecule has 7 nitrogen and oxygen atoms in total. The minimum absolute atomic E-state index is 0.132. The summed E-state index contributed by atoms with van der Waals surface area (Å²) in [6, 6.07) is 3.52. The number of rotatable bonds is 3. The number of piperidine rings is 1. The fourth-order valence-corrected chi connectivity index (χ4v) is 3.65. The van der Waals surface area contributed by atoms with Gasteiger partial charge in [0.05, 0.1) is 5.25 Å². The summed E-state index contributed by atoms with van der Waals surface area (Å²) < 4.78 is 22.9. The van der Waals surface area contributed by atoms with Gasteiger partial charge in [-0.05, 0) is 49.3 Å². The van der Waals surface area contributed by atoms with Gasteiger partial charge in [-0.15, -0.1) is 0 Å². The maximum absolute atomic E-state index is 12.3. The zero-order valence-corrected chi connectivity index (χ0v) is 13.1. The topological polar surface area (TPSA) is 105 Å². The third kappa shape index (κ3) is 3.56. The smallest absolute Gasteiger partial charge is 0.323 e. The highest BCUT2D eigenvalue weighted by Gasteiger charge is 2.30. The normalized spacial score (nSPS) is 22.4. The minimum atomic E-state index is -3.61. The number of anilines is 1. The van der Waals surface area contributed by atoms with Gasteiger partial charge in [-0.3, -0.25) is 5.32 Å². The highest BCUT2D eigenvalue weighted by Crippen LogP contribution is 2.40. The molecule has 1 aliphatic carbocycles. The first kappa shape index (κ1) is 15.2. The first-order chi connectivity index (χ1) is 10.4. The van der Waals surface area contributed by atoms with E-state index in [0.29, 0.717) is 31.1 Å². The molecule has 0 aromatic carbocycles. The van der Waals surface area contributed by atoms with Crippen LogP contribution in [0.1, 0.15) is 37.2 Å². The Morgan fingerprint density at radius 2 is 2.14 bits per heavy atom. The molecule has 1 aliphatic heterocycles. The van der Waals surface area contributed by atoms with Crippen LogP contribution in [0.25, 0.3) is 0 Å². The van der Waals surface area contributed by atoms with E-state index < -0.39 is 15.3 Å². The van der Waals surface area contributed by atoms with Crippen molar-refractivity contribution in [2.24, 2.45) is 5.14 Å². The van der Waals surface area contributed by atoms with Crippen molar-refractivity contribution in [3.63, 3.8) is 0 Å². The lowest BCUT2D eigenvalue weighted by Crippen LogP contribution is -2.48. The number of nitrogens with zero attached hydrogens (tertiary/aromatic N) is 2. The van der Waals surface area contributed by atoms with Crippen LogP contribution in [0.5, 0.6) is 0 Å². The Bertz CT molecular complexity index is 672. The number of carbonyl (C=O) groups excluding carboxylic acids is 1. The summed E-state index contributed by atoms with van der Waals surface area (Å²) in [4.78, 5) is 17.9. The molecule has 2 fully saturated rings. The van der Waals surface area contributed by atoms with E-state index in [1.54, 1.807) is 6.20 Å². The first-order valence-electron chi connectivity index (χ1n) is 7.47. The van der Waals surface area contributed by atoms with Crippen LogP contribution >= 0.6 is 0 Å². The lowest BCUT2D eigenvalue weighted by atomic mass is 10.1. The zero-order chi connectivity index (χ0) is 15.7. The number of hydrogen-bond acceptors (Lipinski definition) is 4. The maximum Gasteiger partial charge on any atom is 0.323 e. The lowest BCUT2D eigenvalue weighted by Gasteiger charge is -2.31. The van der Waals surface area contributed by atoms with Crippen LogP contribution in [0.15, 0.2) is 18.3 Å². The fourth-order valence-electron chi connectivity index (χ4n) is 2.77. The average Bonchev–Trinajstić information content (AvgIpc) is 3.31. The van der Waals surface area contributed by atoms with Gasteiger partial charge >= 0.3 is 6.03 Å². The van der Waals surface area contributed by atoms with Gasteiger partial charge in [0.15, 0.2) is 0 Å². The quantitative estimate of drug-likeness (QED) is 0.872. The van der Waals surface area contributed by atoms with E-state index >= 15 is 0 Å². The molecule has 0 spiro atoms. The second-order valence-corrected chi connectivity index (χ2v) is 7.82. The van der Waals surface area contributed by atoms with Crippen LogP contribution < -0.4 is 10.5 Å². The summed E-state index contributed by atoms with van der Waals surface area (Å²) in [6.07, 6.45) is 5.17. The highest BCUT2D eigenvalue weighted by molar-refractivity contribution is 7.89. The maximum atomic E-state index is 12.3. The second-order valence-electron chi connectivity index (χ2n) is 5.98. The summed E-state index contributed by atoms with van der Waals surface area (Å²) in [6.45, 7) is 0.660. The molecule has 3 N–H and O–H groups in total. The van der Waals surface area contributed by atoms with E-state index in [9.17, 15) is 13.2 Å². The van der Waals surface area contributed by atoms with E-state index in [1.807, 2.05) is 12.1 Å². The van der Waals surface area contributed by atoms with Crippen molar-refractivity contribution >= 4 is 21.9 Å². The van der Waals surface area contributed by atoms with Gasteiger partial charge < -0.3 is 4.90 Å². The Kier molecular flexibility index (Phi) is 4.05. The molecule has 2 amide bonds. The molecule has 1 saturated heterocycles. The van der Waals surface area contributed by atoms with Gasteiger partial charge in [0.25, 0.3) is 0 Å². The number of pyridine rings is 1. The number of hydrogen-bond donors (Lipinski definition) is 2. The number of sulfonamides is 1. The Hall–Kier alpha value is -1.67. The van der Waals surface area contributed by atoms with Crippen molar-refractivity contribution in [1.29, 1.82) is 0 Å². The number of urea groups is 1. The molecule has 1 saturated carbocycles. The molecular weight excluding hydrogens is 304 g/mol. The standard InChI is InChI=1S/C14H20N4O3S/c15-22(20,21)12-2-1-7-18(9-12)14(19)17-13-8-11(5-6-16-13)10-3-4-10/h5-6,8,10,12H,1-4,7,9H2,(H2,15,20,21)(H,16,17,19). The zero-order valence-electron chi connectivity index (χ0n) is 12.2. The predicted octanol–water partition coefficient (Wildman–Crippen LogP) is 1.24. The molecule has 2 aliphatic rings. The molecule has 0 bridgehead atoms. The Morgan fingerprint density at radius 1 is 1.36 bits per heavy atom. The third-order valence-corrected chi connectivity index (χ3v) is 5.51. The predicted molar refractivity (Wildman–Crippen MR) is 82.9 cm³/mol. The summed E-state index contributed by atoms with van der Waals surface area (Å²) in [5.74, 6) is 1.09. The van der Waals surface area contributed by atoms with E-state index in [2.05, 4.69) is 10.3 Å². The summed E-state index contributed by atoms with van der Waals surface area (Å²) >= 11 is 0. The van der Waals surface area contributed by atoms with Crippen LogP contribution in [0.4, 0.5) is 10.6 Å². The number of nitrogens with two attached hydrogens (primary N) is 1. The van der Waals surface area contributed by atoms with Crippen LogP contribution in [0.3, 0.4) is 0 Å². The second kappa shape index (κ2) is 5.85. The van der Waals surface area contributed by atoms with Crippen molar-refractivity contribution in [3.05, 3.63) is 23.9 Å². The molecule has 22 heavy (non-hydrogen) atoms. The number of amides is 2. The monoisotopic (exact) mass is 324 g/mol. The van der Waals surface area contributed by atoms with Crippen molar-refractivity contribution < 1.29 is 13.2 Å². The molecule has 1 atom stereocenters. The Morgan fingerprint density at radius 3 is 2.82 bits per heavy atom. The molecule has 1 aromatic rings. The fraction of sp³-hybridized carbons (Fsp3) is 0.571. The third-order valence-electron chi connectivity index (χ3n) is 4.20. The van der Waals surface area contributed by atoms with E-state index in [-0.39, 0.29) is 12.6 Å². The van der Waals surface area contributed by atoms with Gasteiger partial charge in [-0.2, -0.15) is 0 Å². The van der Waals surface area contributed by atoms with Gasteiger partial charge in [0, 0.05) is 19.3 Å². The summed E-state index contributed by atoms with van der Waals surface area (Å²) in [7, 11) is -3.61. The Labute approximate surface area is 129 Å². The van der Waals surface area contributed by atoms with Crippen LogP contribution in [-0.4, -0.2) is 42.7 Å². The molecule has 120 valence electrons. The van der Waals surface area contributed by atoms with E-state index in [0.717, 1.165) is 0 Å². The number of primary sulfonamides is 1. The first-order valence-corrected chi connectivity index (χ1v) is 9.08. The highest BCUT2D eigenvalue weighted by atomic mass is 32.2. The van der Waals surface area contributed by atoms with Gasteiger partial charge in [0.1, 0.15) is 5.82 Å². The molecule has 8 heteroatoms. The Balaban J connectivity index is 1.65. The number of carbonyl (C=O) groups is 1. The number of aromatic nitrogens is 1.